The number of β-amino-alcohol motifs (C(OH)–C–C–N with tert-alkyl or cyclic N) is 1. The standard InChI is InChI=1S/C22H26F3N3O2/c1-3-4-9-26-11-22(30)12-28(13-22)21(29)15-6-7-16(23)19(25)20(15)27-18-8-5-14(2)10-17(18)24/h5-8,10,26-27,30H,3-4,9,11-13H2,1-2H3. The van der Waals surface area contributed by atoms with E-state index < -0.39 is 34.6 Å². The van der Waals surface area contributed by atoms with Crippen molar-refractivity contribution in [2.75, 3.05) is 31.5 Å². The van der Waals surface area contributed by atoms with Gasteiger partial charge < -0.3 is 20.6 Å². The zero-order chi connectivity index (χ0) is 21.9. The summed E-state index contributed by atoms with van der Waals surface area (Å²) in [5.74, 6) is -3.63. The summed E-state index contributed by atoms with van der Waals surface area (Å²) >= 11 is 0. The summed E-state index contributed by atoms with van der Waals surface area (Å²) in [6.07, 6.45) is 2.02. The van der Waals surface area contributed by atoms with Gasteiger partial charge in [0.15, 0.2) is 11.6 Å². The summed E-state index contributed by atoms with van der Waals surface area (Å²) in [6.45, 7) is 5.02. The lowest BCUT2D eigenvalue weighted by Gasteiger charge is -2.46. The molecule has 8 heteroatoms. The number of unbranched alkanes of at least 4 members (excludes halogenated alkanes) is 1. The predicted octanol–water partition coefficient (Wildman–Crippen LogP) is 3.73. The van der Waals surface area contributed by atoms with Crippen LogP contribution in [-0.2, 0) is 0 Å². The second-order valence-electron chi connectivity index (χ2n) is 7.81. The zero-order valence-corrected chi connectivity index (χ0v) is 17.1. The fourth-order valence-corrected chi connectivity index (χ4v) is 3.42. The largest absolute Gasteiger partial charge is 0.385 e. The topological polar surface area (TPSA) is 64.6 Å². The van der Waals surface area contributed by atoms with Crippen molar-refractivity contribution in [3.05, 3.63) is 58.9 Å². The van der Waals surface area contributed by atoms with E-state index in [4.69, 9.17) is 0 Å². The summed E-state index contributed by atoms with van der Waals surface area (Å²) in [6, 6.07) is 6.28. The minimum Gasteiger partial charge on any atom is -0.385 e. The van der Waals surface area contributed by atoms with E-state index >= 15 is 0 Å². The van der Waals surface area contributed by atoms with Gasteiger partial charge in [0.25, 0.3) is 5.91 Å². The number of hydrogen-bond acceptors (Lipinski definition) is 4. The van der Waals surface area contributed by atoms with Crippen LogP contribution in [0.4, 0.5) is 24.5 Å². The Morgan fingerprint density at radius 1 is 1.17 bits per heavy atom. The van der Waals surface area contributed by atoms with Gasteiger partial charge in [-0.1, -0.05) is 19.4 Å². The van der Waals surface area contributed by atoms with Gasteiger partial charge in [0.2, 0.25) is 0 Å². The molecule has 0 radical (unpaired) electrons. The summed E-state index contributed by atoms with van der Waals surface area (Å²) in [5.41, 5.74) is -1.02. The molecule has 1 aliphatic rings. The van der Waals surface area contributed by atoms with Crippen molar-refractivity contribution in [3.63, 3.8) is 0 Å². The summed E-state index contributed by atoms with van der Waals surface area (Å²) in [4.78, 5) is 14.2. The molecule has 1 fully saturated rings. The number of amides is 1. The lowest BCUT2D eigenvalue weighted by Crippen LogP contribution is -2.67. The average molecular weight is 421 g/mol. The van der Waals surface area contributed by atoms with E-state index in [0.29, 0.717) is 12.1 Å². The molecule has 3 N–H and O–H groups in total. The number of halogens is 3. The van der Waals surface area contributed by atoms with E-state index in [-0.39, 0.29) is 24.3 Å². The Morgan fingerprint density at radius 2 is 1.90 bits per heavy atom. The van der Waals surface area contributed by atoms with Crippen LogP contribution in [0.2, 0.25) is 0 Å². The minimum absolute atomic E-state index is 0.0700. The Labute approximate surface area is 173 Å². The third kappa shape index (κ3) is 4.76. The number of aliphatic hydroxyl groups is 1. The molecule has 1 saturated heterocycles. The van der Waals surface area contributed by atoms with Gasteiger partial charge in [-0.2, -0.15) is 0 Å². The first-order valence-electron chi connectivity index (χ1n) is 9.97. The van der Waals surface area contributed by atoms with Crippen LogP contribution in [0.25, 0.3) is 0 Å². The number of nitrogens with one attached hydrogen (secondary N) is 2. The maximum Gasteiger partial charge on any atom is 0.256 e. The van der Waals surface area contributed by atoms with Crippen molar-refractivity contribution in [1.29, 1.82) is 0 Å². The first-order valence-corrected chi connectivity index (χ1v) is 9.97. The molecule has 0 aliphatic carbocycles. The number of anilines is 2. The van der Waals surface area contributed by atoms with Gasteiger partial charge in [-0.05, 0) is 49.7 Å². The smallest absolute Gasteiger partial charge is 0.256 e. The van der Waals surface area contributed by atoms with E-state index in [1.807, 2.05) is 0 Å². The first kappa shape index (κ1) is 22.1. The maximum absolute atomic E-state index is 14.5. The van der Waals surface area contributed by atoms with Crippen molar-refractivity contribution in [2.24, 2.45) is 0 Å². The van der Waals surface area contributed by atoms with Crippen LogP contribution in [0.15, 0.2) is 30.3 Å². The van der Waals surface area contributed by atoms with Crippen LogP contribution in [0, 0.1) is 24.4 Å². The molecule has 162 valence electrons. The molecule has 0 spiro atoms. The number of aryl methyl sites for hydroxylation is 1. The highest BCUT2D eigenvalue weighted by Gasteiger charge is 2.44. The molecule has 0 saturated carbocycles. The second-order valence-corrected chi connectivity index (χ2v) is 7.81. The predicted molar refractivity (Wildman–Crippen MR) is 109 cm³/mol. The molecule has 2 aromatic carbocycles. The van der Waals surface area contributed by atoms with Crippen LogP contribution in [0.1, 0.15) is 35.7 Å². The van der Waals surface area contributed by atoms with Crippen LogP contribution in [-0.4, -0.2) is 47.7 Å². The molecule has 0 unspecified atom stereocenters. The lowest BCUT2D eigenvalue weighted by atomic mass is 9.92. The normalized spacial score (nSPS) is 15.1. The Morgan fingerprint density at radius 3 is 2.57 bits per heavy atom. The van der Waals surface area contributed by atoms with Gasteiger partial charge in [-0.25, -0.2) is 13.2 Å². The molecule has 1 aliphatic heterocycles. The highest BCUT2D eigenvalue weighted by molar-refractivity contribution is 6.01. The Bertz CT molecular complexity index is 930. The van der Waals surface area contributed by atoms with Crippen LogP contribution >= 0.6 is 0 Å². The third-order valence-electron chi connectivity index (χ3n) is 5.13. The molecular formula is C22H26F3N3O2. The quantitative estimate of drug-likeness (QED) is 0.569. The van der Waals surface area contributed by atoms with Crippen molar-refractivity contribution in [3.8, 4) is 0 Å². The molecule has 5 nitrogen and oxygen atoms in total. The molecule has 1 amide bonds. The van der Waals surface area contributed by atoms with Crippen molar-refractivity contribution < 1.29 is 23.1 Å². The molecule has 0 atom stereocenters. The molecule has 0 aromatic heterocycles. The molecule has 3 rings (SSSR count). The fraction of sp³-hybridized carbons (Fsp3) is 0.409. The molecule has 0 bridgehead atoms. The number of likely N-dealkylation sites (tertiary alicyclic amines) is 1. The molecule has 2 aromatic rings. The number of carbonyl (C=O) groups is 1. The Balaban J connectivity index is 1.76. The number of hydrogen-bond donors (Lipinski definition) is 3. The van der Waals surface area contributed by atoms with E-state index in [2.05, 4.69) is 17.6 Å². The molecular weight excluding hydrogens is 395 g/mol. The van der Waals surface area contributed by atoms with Gasteiger partial charge in [0, 0.05) is 6.54 Å². The van der Waals surface area contributed by atoms with Gasteiger partial charge in [-0.3, -0.25) is 4.79 Å². The summed E-state index contributed by atoms with van der Waals surface area (Å²) < 4.78 is 42.5. The lowest BCUT2D eigenvalue weighted by molar-refractivity contribution is -0.0784. The Hall–Kier alpha value is -2.58. The number of carbonyl (C=O) groups excluding carboxylic acids is 1. The van der Waals surface area contributed by atoms with E-state index in [9.17, 15) is 23.1 Å². The van der Waals surface area contributed by atoms with Crippen LogP contribution in [0.3, 0.4) is 0 Å². The fourth-order valence-electron chi connectivity index (χ4n) is 3.42. The number of rotatable bonds is 8. The second kappa shape index (κ2) is 9.06. The van der Waals surface area contributed by atoms with Crippen molar-refractivity contribution in [1.82, 2.24) is 10.2 Å². The van der Waals surface area contributed by atoms with Crippen molar-refractivity contribution in [2.45, 2.75) is 32.3 Å². The van der Waals surface area contributed by atoms with Crippen LogP contribution in [0.5, 0.6) is 0 Å². The number of benzene rings is 2. The van der Waals surface area contributed by atoms with E-state index in [1.54, 1.807) is 13.0 Å². The number of nitrogens with zero attached hydrogens (tertiary/aromatic N) is 1. The maximum atomic E-state index is 14.5. The van der Waals surface area contributed by atoms with Gasteiger partial charge in [0.05, 0.1) is 30.0 Å². The monoisotopic (exact) mass is 421 g/mol. The van der Waals surface area contributed by atoms with E-state index in [1.165, 1.54) is 17.0 Å². The Kier molecular flexibility index (Phi) is 6.67. The van der Waals surface area contributed by atoms with Gasteiger partial charge >= 0.3 is 0 Å². The highest BCUT2D eigenvalue weighted by atomic mass is 19.2. The van der Waals surface area contributed by atoms with Crippen molar-refractivity contribution >= 4 is 17.3 Å². The zero-order valence-electron chi connectivity index (χ0n) is 17.1. The summed E-state index contributed by atoms with van der Waals surface area (Å²) in [5, 5.41) is 16.2. The SMILES string of the molecule is CCCCNCC1(O)CN(C(=O)c2ccc(F)c(F)c2Nc2ccc(C)cc2F)C1. The molecule has 1 heterocycles. The van der Waals surface area contributed by atoms with Crippen LogP contribution < -0.4 is 10.6 Å². The van der Waals surface area contributed by atoms with Gasteiger partial charge in [-0.15, -0.1) is 0 Å². The van der Waals surface area contributed by atoms with E-state index in [0.717, 1.165) is 31.5 Å². The first-order chi connectivity index (χ1) is 14.2. The highest BCUT2D eigenvalue weighted by Crippen LogP contribution is 2.31. The summed E-state index contributed by atoms with van der Waals surface area (Å²) in [7, 11) is 0. The third-order valence-corrected chi connectivity index (χ3v) is 5.13. The molecule has 30 heavy (non-hydrogen) atoms. The van der Waals surface area contributed by atoms with Gasteiger partial charge in [0.1, 0.15) is 11.4 Å². The average Bonchev–Trinajstić information content (AvgIpc) is 2.68. The minimum atomic E-state index is -1.27.